The first-order valence-corrected chi connectivity index (χ1v) is 6.78. The van der Waals surface area contributed by atoms with Gasteiger partial charge in [-0.3, -0.25) is 0 Å². The number of benzene rings is 1. The van der Waals surface area contributed by atoms with E-state index in [4.69, 9.17) is 4.74 Å². The quantitative estimate of drug-likeness (QED) is 0.746. The van der Waals surface area contributed by atoms with Crippen LogP contribution in [0.2, 0.25) is 0 Å². The molecule has 0 unspecified atom stereocenters. The third kappa shape index (κ3) is 3.72. The number of rotatable bonds is 8. The molecule has 0 aliphatic carbocycles. The van der Waals surface area contributed by atoms with Crippen LogP contribution in [0.1, 0.15) is 39.2 Å². The maximum Gasteiger partial charge on any atom is 0.123 e. The molecule has 0 bridgehead atoms. The first-order valence-electron chi connectivity index (χ1n) is 6.78. The van der Waals surface area contributed by atoms with Crippen molar-refractivity contribution < 1.29 is 9.84 Å². The van der Waals surface area contributed by atoms with Gasteiger partial charge in [0.1, 0.15) is 5.75 Å². The molecule has 3 nitrogen and oxygen atoms in total. The molecule has 0 saturated carbocycles. The minimum atomic E-state index is -0.181. The molecule has 18 heavy (non-hydrogen) atoms. The topological polar surface area (TPSA) is 41.5 Å². The summed E-state index contributed by atoms with van der Waals surface area (Å²) in [4.78, 5) is 0. The van der Waals surface area contributed by atoms with Gasteiger partial charge in [-0.1, -0.05) is 32.0 Å². The fourth-order valence-electron chi connectivity index (χ4n) is 2.01. The Morgan fingerprint density at radius 1 is 1.17 bits per heavy atom. The van der Waals surface area contributed by atoms with E-state index >= 15 is 0 Å². The van der Waals surface area contributed by atoms with Crippen LogP contribution in [0.4, 0.5) is 0 Å². The van der Waals surface area contributed by atoms with Gasteiger partial charge in [-0.05, 0) is 25.8 Å². The van der Waals surface area contributed by atoms with Gasteiger partial charge in [0.25, 0.3) is 0 Å². The molecule has 0 aliphatic rings. The molecule has 3 heteroatoms. The predicted octanol–water partition coefficient (Wildman–Crippen LogP) is 2.73. The second-order valence-corrected chi connectivity index (χ2v) is 4.54. The largest absolute Gasteiger partial charge is 0.494 e. The minimum Gasteiger partial charge on any atom is -0.494 e. The molecule has 0 spiro atoms. The van der Waals surface area contributed by atoms with Gasteiger partial charge in [0.2, 0.25) is 0 Å². The number of aliphatic hydroxyl groups is 1. The Hall–Kier alpha value is -1.06. The highest BCUT2D eigenvalue weighted by molar-refractivity contribution is 5.33. The lowest BCUT2D eigenvalue weighted by Crippen LogP contribution is -2.47. The fraction of sp³-hybridized carbons (Fsp3) is 0.600. The fourth-order valence-corrected chi connectivity index (χ4v) is 2.01. The number of hydrogen-bond donors (Lipinski definition) is 2. The lowest BCUT2D eigenvalue weighted by molar-refractivity contribution is 0.149. The standard InChI is InChI=1S/C15H25NO2/c1-4-15(5-2,12-17)16-11-13-9-7-8-10-14(13)18-6-3/h7-10,16-17H,4-6,11-12H2,1-3H3. The molecule has 1 aromatic rings. The Balaban J connectivity index is 2.72. The average Bonchev–Trinajstić information content (AvgIpc) is 2.43. The highest BCUT2D eigenvalue weighted by Gasteiger charge is 2.24. The second kappa shape index (κ2) is 7.39. The third-order valence-corrected chi connectivity index (χ3v) is 3.58. The lowest BCUT2D eigenvalue weighted by Gasteiger charge is -2.31. The zero-order chi connectivity index (χ0) is 13.4. The highest BCUT2D eigenvalue weighted by atomic mass is 16.5. The molecular formula is C15H25NO2. The molecule has 0 heterocycles. The normalized spacial score (nSPS) is 11.6. The lowest BCUT2D eigenvalue weighted by atomic mass is 9.93. The Morgan fingerprint density at radius 3 is 2.39 bits per heavy atom. The summed E-state index contributed by atoms with van der Waals surface area (Å²) < 4.78 is 5.60. The Bertz CT molecular complexity index is 340. The van der Waals surface area contributed by atoms with Crippen molar-refractivity contribution in [1.82, 2.24) is 5.32 Å². The monoisotopic (exact) mass is 251 g/mol. The van der Waals surface area contributed by atoms with Crippen LogP contribution in [-0.2, 0) is 6.54 Å². The van der Waals surface area contributed by atoms with E-state index in [2.05, 4.69) is 25.2 Å². The van der Waals surface area contributed by atoms with Gasteiger partial charge >= 0.3 is 0 Å². The summed E-state index contributed by atoms with van der Waals surface area (Å²) in [5, 5.41) is 13.0. The maximum absolute atomic E-state index is 9.53. The molecule has 0 fully saturated rings. The predicted molar refractivity (Wildman–Crippen MR) is 74.8 cm³/mol. The molecular weight excluding hydrogens is 226 g/mol. The van der Waals surface area contributed by atoms with E-state index in [1.807, 2.05) is 25.1 Å². The van der Waals surface area contributed by atoms with E-state index in [1.54, 1.807) is 0 Å². The van der Waals surface area contributed by atoms with E-state index in [1.165, 1.54) is 0 Å². The van der Waals surface area contributed by atoms with Gasteiger partial charge in [-0.15, -0.1) is 0 Å². The van der Waals surface area contributed by atoms with Gasteiger partial charge in [-0.25, -0.2) is 0 Å². The van der Waals surface area contributed by atoms with Crippen molar-refractivity contribution in [2.75, 3.05) is 13.2 Å². The van der Waals surface area contributed by atoms with Gasteiger partial charge in [0.05, 0.1) is 13.2 Å². The molecule has 0 radical (unpaired) electrons. The zero-order valence-corrected chi connectivity index (χ0v) is 11.7. The molecule has 1 aromatic carbocycles. The van der Waals surface area contributed by atoms with E-state index in [0.717, 1.165) is 30.7 Å². The van der Waals surface area contributed by atoms with E-state index in [-0.39, 0.29) is 12.1 Å². The summed E-state index contributed by atoms with van der Waals surface area (Å²) in [6, 6.07) is 8.04. The van der Waals surface area contributed by atoms with Gasteiger partial charge in [0.15, 0.2) is 0 Å². The van der Waals surface area contributed by atoms with Crippen molar-refractivity contribution in [3.05, 3.63) is 29.8 Å². The van der Waals surface area contributed by atoms with Crippen LogP contribution in [0.15, 0.2) is 24.3 Å². The molecule has 1 rings (SSSR count). The first-order chi connectivity index (χ1) is 8.71. The van der Waals surface area contributed by atoms with Crippen molar-refractivity contribution >= 4 is 0 Å². The summed E-state index contributed by atoms with van der Waals surface area (Å²) in [7, 11) is 0. The summed E-state index contributed by atoms with van der Waals surface area (Å²) in [6.45, 7) is 7.74. The summed E-state index contributed by atoms with van der Waals surface area (Å²) >= 11 is 0. The molecule has 0 amide bonds. The maximum atomic E-state index is 9.53. The van der Waals surface area contributed by atoms with Crippen molar-refractivity contribution in [3.63, 3.8) is 0 Å². The van der Waals surface area contributed by atoms with Crippen LogP contribution in [0.5, 0.6) is 5.75 Å². The van der Waals surface area contributed by atoms with Crippen LogP contribution >= 0.6 is 0 Å². The van der Waals surface area contributed by atoms with Crippen LogP contribution < -0.4 is 10.1 Å². The van der Waals surface area contributed by atoms with Crippen LogP contribution in [-0.4, -0.2) is 23.9 Å². The number of hydrogen-bond acceptors (Lipinski definition) is 3. The molecule has 0 saturated heterocycles. The second-order valence-electron chi connectivity index (χ2n) is 4.54. The summed E-state index contributed by atoms with van der Waals surface area (Å²) in [5.74, 6) is 0.923. The number of aliphatic hydroxyl groups excluding tert-OH is 1. The Morgan fingerprint density at radius 2 is 1.83 bits per heavy atom. The first kappa shape index (κ1) is 15.0. The van der Waals surface area contributed by atoms with Crippen molar-refractivity contribution in [3.8, 4) is 5.75 Å². The SMILES string of the molecule is CCOc1ccccc1CNC(CC)(CC)CO. The number of para-hydroxylation sites is 1. The van der Waals surface area contributed by atoms with Crippen molar-refractivity contribution in [2.24, 2.45) is 0 Å². The molecule has 0 atom stereocenters. The van der Waals surface area contributed by atoms with E-state index < -0.39 is 0 Å². The van der Waals surface area contributed by atoms with Crippen LogP contribution in [0.3, 0.4) is 0 Å². The van der Waals surface area contributed by atoms with Crippen LogP contribution in [0.25, 0.3) is 0 Å². The Labute approximate surface area is 110 Å². The van der Waals surface area contributed by atoms with Crippen LogP contribution in [0, 0.1) is 0 Å². The van der Waals surface area contributed by atoms with E-state index in [0.29, 0.717) is 6.61 Å². The van der Waals surface area contributed by atoms with Crippen molar-refractivity contribution in [1.29, 1.82) is 0 Å². The number of nitrogens with one attached hydrogen (secondary N) is 1. The third-order valence-electron chi connectivity index (χ3n) is 3.58. The highest BCUT2D eigenvalue weighted by Crippen LogP contribution is 2.20. The molecule has 2 N–H and O–H groups in total. The van der Waals surface area contributed by atoms with Gasteiger partial charge in [-0.2, -0.15) is 0 Å². The zero-order valence-electron chi connectivity index (χ0n) is 11.7. The Kier molecular flexibility index (Phi) is 6.16. The average molecular weight is 251 g/mol. The molecule has 0 aromatic heterocycles. The van der Waals surface area contributed by atoms with Gasteiger partial charge in [0, 0.05) is 17.6 Å². The molecule has 102 valence electrons. The summed E-state index contributed by atoms with van der Waals surface area (Å²) in [6.07, 6.45) is 1.83. The smallest absolute Gasteiger partial charge is 0.123 e. The summed E-state index contributed by atoms with van der Waals surface area (Å²) in [5.41, 5.74) is 0.957. The van der Waals surface area contributed by atoms with Crippen molar-refractivity contribution in [2.45, 2.75) is 45.7 Å². The van der Waals surface area contributed by atoms with Gasteiger partial charge < -0.3 is 15.2 Å². The number of ether oxygens (including phenoxy) is 1. The molecule has 0 aliphatic heterocycles. The minimum absolute atomic E-state index is 0.163. The van der Waals surface area contributed by atoms with E-state index in [9.17, 15) is 5.11 Å².